The molecule has 0 saturated heterocycles. The van der Waals surface area contributed by atoms with E-state index in [9.17, 15) is 0 Å². The predicted molar refractivity (Wildman–Crippen MR) is 72.3 cm³/mol. The van der Waals surface area contributed by atoms with Crippen molar-refractivity contribution in [3.8, 4) is 0 Å². The first kappa shape index (κ1) is 11.5. The van der Waals surface area contributed by atoms with Crippen molar-refractivity contribution in [2.45, 2.75) is 38.3 Å². The largest absolute Gasteiger partial charge is 0.326 e. The molecule has 3 heteroatoms. The lowest BCUT2D eigenvalue weighted by Crippen LogP contribution is -2.21. The molecule has 1 aliphatic rings. The van der Waals surface area contributed by atoms with Crippen molar-refractivity contribution >= 4 is 0 Å². The smallest absolute Gasteiger partial charge is 0.0954 e. The van der Waals surface area contributed by atoms with Gasteiger partial charge in [-0.25, -0.2) is 4.98 Å². The fourth-order valence-electron chi connectivity index (χ4n) is 2.95. The lowest BCUT2D eigenvalue weighted by atomic mass is 9.87. The monoisotopic (exact) mass is 241 g/mol. The summed E-state index contributed by atoms with van der Waals surface area (Å²) >= 11 is 0. The quantitative estimate of drug-likeness (QED) is 0.878. The average Bonchev–Trinajstić information content (AvgIpc) is 2.87. The number of aryl methyl sites for hydroxylation is 1. The Balaban J connectivity index is 2.06. The molecule has 0 bridgehead atoms. The van der Waals surface area contributed by atoms with Crippen LogP contribution in [0, 0.1) is 0 Å². The predicted octanol–water partition coefficient (Wildman–Crippen LogP) is 2.83. The summed E-state index contributed by atoms with van der Waals surface area (Å²) in [5.74, 6) is 0. The standard InChI is InChI=1S/C15H19N3/c1-11(16)15-9-17-10-18(15)14-8-4-6-12-5-2-3-7-13(12)14/h2-3,5,7,9-11,14H,4,6,8,16H2,1H3/t11-,14?/m1/s1. The molecule has 1 aromatic carbocycles. The molecular weight excluding hydrogens is 222 g/mol. The summed E-state index contributed by atoms with van der Waals surface area (Å²) in [5.41, 5.74) is 10.1. The van der Waals surface area contributed by atoms with Crippen LogP contribution in [-0.2, 0) is 6.42 Å². The molecule has 0 spiro atoms. The van der Waals surface area contributed by atoms with Crippen molar-refractivity contribution in [3.05, 3.63) is 53.6 Å². The maximum atomic E-state index is 6.02. The highest BCUT2D eigenvalue weighted by molar-refractivity contribution is 5.33. The Hall–Kier alpha value is -1.61. The van der Waals surface area contributed by atoms with Crippen molar-refractivity contribution in [3.63, 3.8) is 0 Å². The van der Waals surface area contributed by atoms with Gasteiger partial charge in [-0.2, -0.15) is 0 Å². The van der Waals surface area contributed by atoms with E-state index in [1.807, 2.05) is 19.4 Å². The Kier molecular flexibility index (Phi) is 2.92. The van der Waals surface area contributed by atoms with Gasteiger partial charge in [0.2, 0.25) is 0 Å². The van der Waals surface area contributed by atoms with E-state index in [0.717, 1.165) is 5.69 Å². The molecule has 1 aliphatic carbocycles. The van der Waals surface area contributed by atoms with E-state index in [1.165, 1.54) is 30.4 Å². The summed E-state index contributed by atoms with van der Waals surface area (Å²) in [6.07, 6.45) is 7.41. The molecule has 94 valence electrons. The molecule has 18 heavy (non-hydrogen) atoms. The number of rotatable bonds is 2. The minimum Gasteiger partial charge on any atom is -0.326 e. The Morgan fingerprint density at radius 3 is 3.06 bits per heavy atom. The minimum absolute atomic E-state index is 0.0292. The van der Waals surface area contributed by atoms with Gasteiger partial charge in [-0.3, -0.25) is 0 Å². The van der Waals surface area contributed by atoms with Crippen LogP contribution in [0.2, 0.25) is 0 Å². The highest BCUT2D eigenvalue weighted by Gasteiger charge is 2.23. The van der Waals surface area contributed by atoms with Gasteiger partial charge in [0.05, 0.1) is 18.1 Å². The molecule has 1 aromatic heterocycles. The molecule has 1 unspecified atom stereocenters. The second-order valence-electron chi connectivity index (χ2n) is 5.12. The summed E-state index contributed by atoms with van der Waals surface area (Å²) in [6, 6.07) is 9.16. The third kappa shape index (κ3) is 1.85. The molecule has 2 aromatic rings. The zero-order valence-electron chi connectivity index (χ0n) is 10.7. The van der Waals surface area contributed by atoms with Crippen LogP contribution in [0.5, 0.6) is 0 Å². The van der Waals surface area contributed by atoms with Crippen molar-refractivity contribution in [1.29, 1.82) is 0 Å². The molecule has 2 N–H and O–H groups in total. The van der Waals surface area contributed by atoms with Gasteiger partial charge >= 0.3 is 0 Å². The number of nitrogens with zero attached hydrogens (tertiary/aromatic N) is 2. The Morgan fingerprint density at radius 2 is 2.22 bits per heavy atom. The van der Waals surface area contributed by atoms with Crippen LogP contribution >= 0.6 is 0 Å². The van der Waals surface area contributed by atoms with Crippen LogP contribution in [0.25, 0.3) is 0 Å². The van der Waals surface area contributed by atoms with Crippen LogP contribution in [-0.4, -0.2) is 9.55 Å². The summed E-state index contributed by atoms with van der Waals surface area (Å²) in [6.45, 7) is 2.02. The number of hydrogen-bond donors (Lipinski definition) is 1. The first-order valence-corrected chi connectivity index (χ1v) is 6.62. The maximum Gasteiger partial charge on any atom is 0.0954 e. The van der Waals surface area contributed by atoms with Crippen LogP contribution < -0.4 is 5.73 Å². The summed E-state index contributed by atoms with van der Waals surface area (Å²) in [5, 5.41) is 0. The van der Waals surface area contributed by atoms with Gasteiger partial charge < -0.3 is 10.3 Å². The van der Waals surface area contributed by atoms with E-state index in [4.69, 9.17) is 5.73 Å². The summed E-state index contributed by atoms with van der Waals surface area (Å²) < 4.78 is 2.25. The molecule has 0 radical (unpaired) electrons. The highest BCUT2D eigenvalue weighted by Crippen LogP contribution is 2.34. The van der Waals surface area contributed by atoms with Crippen molar-refractivity contribution < 1.29 is 0 Å². The molecule has 0 saturated carbocycles. The number of imidazole rings is 1. The van der Waals surface area contributed by atoms with E-state index in [1.54, 1.807) is 0 Å². The molecule has 1 heterocycles. The SMILES string of the molecule is C[C@@H](N)c1cncn1C1CCCc2ccccc21. The molecule has 0 amide bonds. The minimum atomic E-state index is 0.0292. The number of benzene rings is 1. The number of fused-ring (bicyclic) bond motifs is 1. The summed E-state index contributed by atoms with van der Waals surface area (Å²) in [4.78, 5) is 4.27. The molecule has 3 nitrogen and oxygen atoms in total. The molecule has 3 rings (SSSR count). The van der Waals surface area contributed by atoms with Gasteiger partial charge in [-0.15, -0.1) is 0 Å². The lowest BCUT2D eigenvalue weighted by Gasteiger charge is -2.28. The lowest BCUT2D eigenvalue weighted by molar-refractivity contribution is 0.469. The van der Waals surface area contributed by atoms with E-state index in [2.05, 4.69) is 33.8 Å². The van der Waals surface area contributed by atoms with Crippen molar-refractivity contribution in [1.82, 2.24) is 9.55 Å². The summed E-state index contributed by atoms with van der Waals surface area (Å²) in [7, 11) is 0. The normalized spacial score (nSPS) is 20.4. The van der Waals surface area contributed by atoms with Gasteiger partial charge in [0.1, 0.15) is 0 Å². The van der Waals surface area contributed by atoms with Crippen LogP contribution in [0.15, 0.2) is 36.8 Å². The molecule has 0 aliphatic heterocycles. The van der Waals surface area contributed by atoms with Crippen molar-refractivity contribution in [2.24, 2.45) is 5.73 Å². The first-order valence-electron chi connectivity index (χ1n) is 6.62. The topological polar surface area (TPSA) is 43.8 Å². The van der Waals surface area contributed by atoms with Gasteiger partial charge in [0.15, 0.2) is 0 Å². The van der Waals surface area contributed by atoms with Crippen molar-refractivity contribution in [2.75, 3.05) is 0 Å². The number of nitrogens with two attached hydrogens (primary N) is 1. The van der Waals surface area contributed by atoms with Gasteiger partial charge in [-0.1, -0.05) is 24.3 Å². The highest BCUT2D eigenvalue weighted by atomic mass is 15.1. The Morgan fingerprint density at radius 1 is 1.39 bits per heavy atom. The van der Waals surface area contributed by atoms with Crippen LogP contribution in [0.4, 0.5) is 0 Å². The van der Waals surface area contributed by atoms with E-state index < -0.39 is 0 Å². The van der Waals surface area contributed by atoms with E-state index >= 15 is 0 Å². The average molecular weight is 241 g/mol. The van der Waals surface area contributed by atoms with Crippen LogP contribution in [0.1, 0.15) is 48.7 Å². The second-order valence-corrected chi connectivity index (χ2v) is 5.12. The third-order valence-electron chi connectivity index (χ3n) is 3.84. The molecular formula is C15H19N3. The van der Waals surface area contributed by atoms with Gasteiger partial charge in [0.25, 0.3) is 0 Å². The first-order chi connectivity index (χ1) is 8.77. The third-order valence-corrected chi connectivity index (χ3v) is 3.84. The fourth-order valence-corrected chi connectivity index (χ4v) is 2.95. The maximum absolute atomic E-state index is 6.02. The van der Waals surface area contributed by atoms with E-state index in [-0.39, 0.29) is 6.04 Å². The van der Waals surface area contributed by atoms with Gasteiger partial charge in [-0.05, 0) is 37.3 Å². The number of aromatic nitrogens is 2. The fraction of sp³-hybridized carbons (Fsp3) is 0.400. The molecule has 0 fully saturated rings. The Bertz CT molecular complexity index is 542. The van der Waals surface area contributed by atoms with Gasteiger partial charge in [0, 0.05) is 12.2 Å². The van der Waals surface area contributed by atoms with E-state index in [0.29, 0.717) is 6.04 Å². The second kappa shape index (κ2) is 4.58. The van der Waals surface area contributed by atoms with Crippen LogP contribution in [0.3, 0.4) is 0 Å². The zero-order valence-corrected chi connectivity index (χ0v) is 10.7. The number of hydrogen-bond acceptors (Lipinski definition) is 2. The molecule has 2 atom stereocenters. The Labute approximate surface area is 108 Å². The zero-order chi connectivity index (χ0) is 12.5.